The first kappa shape index (κ1) is 25.2. The third kappa shape index (κ3) is 4.44. The fourth-order valence-corrected chi connectivity index (χ4v) is 5.40. The molecule has 0 unspecified atom stereocenters. The molecule has 6 aromatic rings. The van der Waals surface area contributed by atoms with E-state index in [4.69, 9.17) is 10.2 Å². The number of aromatic nitrogens is 2. The summed E-state index contributed by atoms with van der Waals surface area (Å²) in [6.45, 7) is 3.02. The minimum absolute atomic E-state index is 0.224. The Kier molecular flexibility index (Phi) is 6.67. The van der Waals surface area contributed by atoms with Crippen LogP contribution in [0.1, 0.15) is 52.5 Å². The van der Waals surface area contributed by atoms with Crippen LogP contribution in [0.4, 0.5) is 0 Å². The first-order valence-corrected chi connectivity index (χ1v) is 13.6. The molecule has 0 aliphatic rings. The summed E-state index contributed by atoms with van der Waals surface area (Å²) in [6, 6.07) is 32.7. The van der Waals surface area contributed by atoms with Crippen molar-refractivity contribution in [3.8, 4) is 17.5 Å². The molecule has 6 rings (SSSR count). The van der Waals surface area contributed by atoms with E-state index in [1.54, 1.807) is 36.4 Å². The standard InChI is InChI=1S/C35H27N3O2/c1-2-3-20-38-34-30-11-7-5-9-28(30)27-8-4-6-10-29(27)33(34)37-35(38)26-18-16-25(17-19-26)32(40)21-31(39)24-14-12-23(22-36)13-15-24/h4-19H,2-3,20-21H2,1H3. The lowest BCUT2D eigenvalue weighted by molar-refractivity contribution is 0.0894. The Morgan fingerprint density at radius 2 is 1.30 bits per heavy atom. The number of aryl methyl sites for hydroxylation is 1. The number of imidazole rings is 1. The molecule has 5 aromatic carbocycles. The predicted molar refractivity (Wildman–Crippen MR) is 160 cm³/mol. The van der Waals surface area contributed by atoms with Gasteiger partial charge in [-0.3, -0.25) is 9.59 Å². The second-order valence-electron chi connectivity index (χ2n) is 10.0. The number of Topliss-reactive ketones (excluding diaryl/α,β-unsaturated/α-hetero) is 2. The van der Waals surface area contributed by atoms with Gasteiger partial charge < -0.3 is 4.57 Å². The van der Waals surface area contributed by atoms with Gasteiger partial charge in [0.2, 0.25) is 0 Å². The smallest absolute Gasteiger partial charge is 0.170 e. The number of carbonyl (C=O) groups is 2. The van der Waals surface area contributed by atoms with Crippen molar-refractivity contribution in [3.63, 3.8) is 0 Å². The fraction of sp³-hybridized carbons (Fsp3) is 0.143. The zero-order valence-corrected chi connectivity index (χ0v) is 22.2. The summed E-state index contributed by atoms with van der Waals surface area (Å²) in [6.07, 6.45) is 1.86. The molecule has 0 radical (unpaired) electrons. The maximum absolute atomic E-state index is 12.9. The topological polar surface area (TPSA) is 75.8 Å². The Morgan fingerprint density at radius 3 is 1.90 bits per heavy atom. The van der Waals surface area contributed by atoms with E-state index in [1.165, 1.54) is 16.2 Å². The first-order valence-electron chi connectivity index (χ1n) is 13.6. The summed E-state index contributed by atoms with van der Waals surface area (Å²) >= 11 is 0. The molecule has 0 N–H and O–H groups in total. The molecule has 0 aliphatic carbocycles. The monoisotopic (exact) mass is 521 g/mol. The van der Waals surface area contributed by atoms with Gasteiger partial charge in [0.15, 0.2) is 11.6 Å². The molecular weight excluding hydrogens is 494 g/mol. The van der Waals surface area contributed by atoms with E-state index in [9.17, 15) is 9.59 Å². The zero-order valence-electron chi connectivity index (χ0n) is 22.2. The second kappa shape index (κ2) is 10.6. The maximum atomic E-state index is 12.9. The van der Waals surface area contributed by atoms with Crippen molar-refractivity contribution in [1.82, 2.24) is 9.55 Å². The largest absolute Gasteiger partial charge is 0.323 e. The van der Waals surface area contributed by atoms with Gasteiger partial charge in [-0.1, -0.05) is 98.3 Å². The number of fused-ring (bicyclic) bond motifs is 6. The van der Waals surface area contributed by atoms with Crippen molar-refractivity contribution in [3.05, 3.63) is 114 Å². The molecule has 0 spiro atoms. The summed E-state index contributed by atoms with van der Waals surface area (Å²) < 4.78 is 2.32. The van der Waals surface area contributed by atoms with E-state index < -0.39 is 0 Å². The predicted octanol–water partition coefficient (Wildman–Crippen LogP) is 8.14. The third-order valence-electron chi connectivity index (χ3n) is 7.48. The highest BCUT2D eigenvalue weighted by Crippen LogP contribution is 2.37. The first-order chi connectivity index (χ1) is 19.6. The van der Waals surface area contributed by atoms with Crippen LogP contribution in [0.25, 0.3) is 44.0 Å². The highest BCUT2D eigenvalue weighted by atomic mass is 16.1. The highest BCUT2D eigenvalue weighted by molar-refractivity contribution is 6.23. The van der Waals surface area contributed by atoms with Crippen molar-refractivity contribution < 1.29 is 9.59 Å². The normalized spacial score (nSPS) is 11.2. The van der Waals surface area contributed by atoms with E-state index in [1.807, 2.05) is 18.2 Å². The van der Waals surface area contributed by atoms with E-state index in [2.05, 4.69) is 60.0 Å². The van der Waals surface area contributed by atoms with Gasteiger partial charge in [0.05, 0.1) is 29.1 Å². The number of rotatable bonds is 8. The minimum atomic E-state index is -0.265. The van der Waals surface area contributed by atoms with Crippen LogP contribution >= 0.6 is 0 Å². The molecule has 194 valence electrons. The average molecular weight is 522 g/mol. The van der Waals surface area contributed by atoms with Crippen LogP contribution in [-0.4, -0.2) is 21.1 Å². The molecule has 1 heterocycles. The quantitative estimate of drug-likeness (QED) is 0.115. The van der Waals surface area contributed by atoms with Crippen molar-refractivity contribution in [1.29, 1.82) is 5.26 Å². The van der Waals surface area contributed by atoms with E-state index in [0.29, 0.717) is 16.7 Å². The number of hydrogen-bond acceptors (Lipinski definition) is 4. The summed E-state index contributed by atoms with van der Waals surface area (Å²) in [7, 11) is 0. The lowest BCUT2D eigenvalue weighted by atomic mass is 10.00. The van der Waals surface area contributed by atoms with Crippen molar-refractivity contribution in [2.24, 2.45) is 0 Å². The molecular formula is C35H27N3O2. The van der Waals surface area contributed by atoms with Crippen LogP contribution < -0.4 is 0 Å². The molecule has 0 saturated carbocycles. The maximum Gasteiger partial charge on any atom is 0.170 e. The molecule has 0 aliphatic heterocycles. The van der Waals surface area contributed by atoms with Gasteiger partial charge in [0.1, 0.15) is 5.82 Å². The van der Waals surface area contributed by atoms with Crippen LogP contribution in [0, 0.1) is 11.3 Å². The molecule has 0 fully saturated rings. The second-order valence-corrected chi connectivity index (χ2v) is 10.0. The van der Waals surface area contributed by atoms with Gasteiger partial charge in [-0.25, -0.2) is 4.98 Å². The van der Waals surface area contributed by atoms with Crippen molar-refractivity contribution >= 4 is 44.1 Å². The third-order valence-corrected chi connectivity index (χ3v) is 7.48. The zero-order chi connectivity index (χ0) is 27.6. The number of nitrogens with zero attached hydrogens (tertiary/aromatic N) is 3. The number of ketones is 2. The van der Waals surface area contributed by atoms with Crippen LogP contribution in [0.3, 0.4) is 0 Å². The Morgan fingerprint density at radius 1 is 0.750 bits per heavy atom. The van der Waals surface area contributed by atoms with E-state index in [0.717, 1.165) is 47.2 Å². The van der Waals surface area contributed by atoms with Gasteiger partial charge in [0, 0.05) is 34.0 Å². The Bertz CT molecular complexity index is 1940. The molecule has 0 amide bonds. The number of unbranched alkanes of at least 4 members (excludes halogenated alkanes) is 1. The van der Waals surface area contributed by atoms with Crippen molar-refractivity contribution in [2.75, 3.05) is 0 Å². The molecule has 1 aromatic heterocycles. The summed E-state index contributed by atoms with van der Waals surface area (Å²) in [5, 5.41) is 13.7. The van der Waals surface area contributed by atoms with Gasteiger partial charge in [-0.2, -0.15) is 5.26 Å². The van der Waals surface area contributed by atoms with E-state index >= 15 is 0 Å². The SMILES string of the molecule is CCCCn1c(-c2ccc(C(=O)CC(=O)c3ccc(C#N)cc3)cc2)nc2c3ccccc3c3ccccc3c21. The highest BCUT2D eigenvalue weighted by Gasteiger charge is 2.19. The van der Waals surface area contributed by atoms with Crippen molar-refractivity contribution in [2.45, 2.75) is 32.7 Å². The van der Waals surface area contributed by atoms with Gasteiger partial charge in [-0.15, -0.1) is 0 Å². The molecule has 5 heteroatoms. The lowest BCUT2D eigenvalue weighted by Crippen LogP contribution is -2.08. The molecule has 0 saturated heterocycles. The Balaban J connectivity index is 1.39. The number of nitriles is 1. The molecule has 40 heavy (non-hydrogen) atoms. The number of hydrogen-bond donors (Lipinski definition) is 0. The number of carbonyl (C=O) groups excluding carboxylic acids is 2. The molecule has 0 bridgehead atoms. The minimum Gasteiger partial charge on any atom is -0.323 e. The lowest BCUT2D eigenvalue weighted by Gasteiger charge is -2.12. The molecule has 0 atom stereocenters. The summed E-state index contributed by atoms with van der Waals surface area (Å²) in [4.78, 5) is 30.8. The Labute approximate surface area is 232 Å². The van der Waals surface area contributed by atoms with Crippen LogP contribution in [0.2, 0.25) is 0 Å². The average Bonchev–Trinajstić information content (AvgIpc) is 3.40. The van der Waals surface area contributed by atoms with Gasteiger partial charge in [-0.05, 0) is 29.3 Å². The summed E-state index contributed by atoms with van der Waals surface area (Å²) in [5.41, 5.74) is 4.42. The number of benzene rings is 5. The van der Waals surface area contributed by atoms with Gasteiger partial charge in [0.25, 0.3) is 0 Å². The fourth-order valence-electron chi connectivity index (χ4n) is 5.40. The summed E-state index contributed by atoms with van der Waals surface area (Å²) in [5.74, 6) is 0.369. The van der Waals surface area contributed by atoms with Gasteiger partial charge >= 0.3 is 0 Å². The van der Waals surface area contributed by atoms with E-state index in [-0.39, 0.29) is 18.0 Å². The van der Waals surface area contributed by atoms with Crippen LogP contribution in [0.15, 0.2) is 97.1 Å². The van der Waals surface area contributed by atoms with Crippen LogP contribution in [0.5, 0.6) is 0 Å². The van der Waals surface area contributed by atoms with Crippen LogP contribution in [-0.2, 0) is 6.54 Å². The Hall–Kier alpha value is -5.08. The molecule has 5 nitrogen and oxygen atoms in total.